The SMILES string of the molecule is CC(C(=O)O)(c1ccc(Oc2ccc(-c3ccc(C(=O)O)c(C(=O)O)c3)cc2)cc1)c1ccc(Oc2ccc(-c3ccc(C(=O)O)c(C(=O)O)c3)cc2)cc1. The Balaban J connectivity index is 1.13. The molecule has 0 fully saturated rings. The van der Waals surface area contributed by atoms with E-state index in [1.165, 1.54) is 36.4 Å². The van der Waals surface area contributed by atoms with Crippen LogP contribution in [0, 0.1) is 0 Å². The molecule has 12 heteroatoms. The zero-order valence-corrected chi connectivity index (χ0v) is 28.8. The lowest BCUT2D eigenvalue weighted by Crippen LogP contribution is -2.33. The Morgan fingerprint density at radius 3 is 0.927 bits per heavy atom. The fourth-order valence-corrected chi connectivity index (χ4v) is 6.00. The van der Waals surface area contributed by atoms with Crippen molar-refractivity contribution < 1.29 is 59.0 Å². The lowest BCUT2D eigenvalue weighted by molar-refractivity contribution is -0.141. The molecule has 12 nitrogen and oxygen atoms in total. The van der Waals surface area contributed by atoms with E-state index in [-0.39, 0.29) is 22.3 Å². The van der Waals surface area contributed by atoms with Crippen LogP contribution in [0.25, 0.3) is 22.3 Å². The fraction of sp³-hybridized carbons (Fsp3) is 0.0465. The molecule has 0 aromatic heterocycles. The van der Waals surface area contributed by atoms with Gasteiger partial charge in [-0.2, -0.15) is 0 Å². The minimum atomic E-state index is -1.43. The smallest absolute Gasteiger partial charge is 0.336 e. The van der Waals surface area contributed by atoms with Gasteiger partial charge < -0.3 is 35.0 Å². The molecule has 0 unspecified atom stereocenters. The van der Waals surface area contributed by atoms with Crippen molar-refractivity contribution in [1.29, 1.82) is 0 Å². The van der Waals surface area contributed by atoms with Gasteiger partial charge in [0.15, 0.2) is 0 Å². The topological polar surface area (TPSA) is 205 Å². The Kier molecular flexibility index (Phi) is 10.2. The molecule has 5 N–H and O–H groups in total. The molecule has 6 rings (SSSR count). The number of carbonyl (C=O) groups is 5. The molecule has 0 atom stereocenters. The van der Waals surface area contributed by atoms with Crippen molar-refractivity contribution in [1.82, 2.24) is 0 Å². The Bertz CT molecular complexity index is 2280. The number of aliphatic carboxylic acids is 1. The summed E-state index contributed by atoms with van der Waals surface area (Å²) in [4.78, 5) is 58.6. The van der Waals surface area contributed by atoms with Crippen LogP contribution in [-0.2, 0) is 10.2 Å². The molecule has 0 amide bonds. The number of hydrogen-bond acceptors (Lipinski definition) is 7. The summed E-state index contributed by atoms with van der Waals surface area (Å²) in [5.41, 5.74) is 0.615. The molecule has 0 aliphatic heterocycles. The number of aromatic carboxylic acids is 4. The molecule has 0 bridgehead atoms. The highest BCUT2D eigenvalue weighted by Gasteiger charge is 2.37. The Morgan fingerprint density at radius 1 is 0.382 bits per heavy atom. The van der Waals surface area contributed by atoms with Crippen LogP contribution >= 0.6 is 0 Å². The third-order valence-corrected chi connectivity index (χ3v) is 9.10. The minimum absolute atomic E-state index is 0.309. The van der Waals surface area contributed by atoms with Gasteiger partial charge in [0.25, 0.3) is 0 Å². The summed E-state index contributed by atoms with van der Waals surface area (Å²) in [5.74, 6) is -4.63. The number of hydrogen-bond donors (Lipinski definition) is 5. The summed E-state index contributed by atoms with van der Waals surface area (Å²) in [7, 11) is 0. The first-order chi connectivity index (χ1) is 26.2. The molecular weight excluding hydrogens is 708 g/mol. The van der Waals surface area contributed by atoms with E-state index < -0.39 is 35.3 Å². The van der Waals surface area contributed by atoms with Crippen LogP contribution in [0.2, 0.25) is 0 Å². The lowest BCUT2D eigenvalue weighted by Gasteiger charge is -2.26. The highest BCUT2D eigenvalue weighted by Crippen LogP contribution is 2.36. The first-order valence-electron chi connectivity index (χ1n) is 16.5. The predicted molar refractivity (Wildman–Crippen MR) is 199 cm³/mol. The monoisotopic (exact) mass is 738 g/mol. The van der Waals surface area contributed by atoms with E-state index in [0.717, 1.165) is 0 Å². The quantitative estimate of drug-likeness (QED) is 0.0754. The van der Waals surface area contributed by atoms with E-state index in [2.05, 4.69) is 0 Å². The van der Waals surface area contributed by atoms with Crippen LogP contribution < -0.4 is 9.47 Å². The first kappa shape index (κ1) is 37.0. The molecule has 6 aromatic carbocycles. The summed E-state index contributed by atoms with van der Waals surface area (Å²) >= 11 is 0. The number of carboxylic acids is 5. The number of benzene rings is 6. The van der Waals surface area contributed by atoms with E-state index in [4.69, 9.17) is 9.47 Å². The molecular formula is C43H30O12. The van der Waals surface area contributed by atoms with Crippen LogP contribution in [0.4, 0.5) is 0 Å². The van der Waals surface area contributed by atoms with Crippen LogP contribution in [-0.4, -0.2) is 55.4 Å². The third kappa shape index (κ3) is 7.74. The van der Waals surface area contributed by atoms with Crippen molar-refractivity contribution in [2.75, 3.05) is 0 Å². The molecule has 0 aliphatic rings. The van der Waals surface area contributed by atoms with Gasteiger partial charge in [0.05, 0.1) is 22.3 Å². The second kappa shape index (κ2) is 15.1. The molecule has 0 saturated carbocycles. The summed E-state index contributed by atoms with van der Waals surface area (Å²) < 4.78 is 11.9. The van der Waals surface area contributed by atoms with Gasteiger partial charge in [-0.1, -0.05) is 60.7 Å². The molecule has 274 valence electrons. The van der Waals surface area contributed by atoms with E-state index in [1.54, 1.807) is 104 Å². The van der Waals surface area contributed by atoms with Crippen molar-refractivity contribution in [2.45, 2.75) is 12.3 Å². The van der Waals surface area contributed by atoms with Crippen molar-refractivity contribution in [3.63, 3.8) is 0 Å². The van der Waals surface area contributed by atoms with Crippen LogP contribution in [0.3, 0.4) is 0 Å². The molecule has 0 saturated heterocycles. The van der Waals surface area contributed by atoms with Gasteiger partial charge >= 0.3 is 29.8 Å². The Labute approximate surface area is 312 Å². The first-order valence-corrected chi connectivity index (χ1v) is 16.5. The molecule has 0 aliphatic carbocycles. The average molecular weight is 739 g/mol. The maximum absolute atomic E-state index is 12.7. The average Bonchev–Trinajstić information content (AvgIpc) is 3.18. The van der Waals surface area contributed by atoms with E-state index in [0.29, 0.717) is 56.4 Å². The van der Waals surface area contributed by atoms with E-state index in [1.807, 2.05) is 0 Å². The number of carboxylic acid groups (broad SMARTS) is 5. The molecule has 6 aromatic rings. The molecule has 0 spiro atoms. The van der Waals surface area contributed by atoms with Gasteiger partial charge in [0.2, 0.25) is 0 Å². The van der Waals surface area contributed by atoms with E-state index in [9.17, 15) is 49.5 Å². The van der Waals surface area contributed by atoms with Gasteiger partial charge in [-0.3, -0.25) is 4.79 Å². The summed E-state index contributed by atoms with van der Waals surface area (Å²) in [6, 6.07) is 34.9. The minimum Gasteiger partial charge on any atom is -0.480 e. The summed E-state index contributed by atoms with van der Waals surface area (Å²) in [5, 5.41) is 47.8. The van der Waals surface area contributed by atoms with Crippen molar-refractivity contribution in [3.05, 3.63) is 167 Å². The van der Waals surface area contributed by atoms with Gasteiger partial charge in [-0.15, -0.1) is 0 Å². The van der Waals surface area contributed by atoms with Crippen LogP contribution in [0.5, 0.6) is 23.0 Å². The molecule has 55 heavy (non-hydrogen) atoms. The standard InChI is InChI=1S/C43H30O12/c1-43(42(52)53,28-8-16-32(17-9-28)54-30-12-2-24(3-13-30)26-6-20-34(38(44)45)36(22-26)40(48)49)29-10-18-33(19-11-29)55-31-14-4-25(5-15-31)27-7-21-35(39(46)47)37(23-27)41(50)51/h2-23H,1H3,(H,44,45)(H,46,47)(H,48,49)(H,50,51)(H,52,53). The fourth-order valence-electron chi connectivity index (χ4n) is 6.00. The Morgan fingerprint density at radius 2 is 0.655 bits per heavy atom. The number of ether oxygens (including phenoxy) is 2. The molecule has 0 heterocycles. The zero-order valence-electron chi connectivity index (χ0n) is 28.8. The second-order valence-corrected chi connectivity index (χ2v) is 12.5. The van der Waals surface area contributed by atoms with Gasteiger partial charge in [0, 0.05) is 0 Å². The van der Waals surface area contributed by atoms with Crippen molar-refractivity contribution in [3.8, 4) is 45.3 Å². The van der Waals surface area contributed by atoms with Gasteiger partial charge in [0.1, 0.15) is 28.4 Å². The summed E-state index contributed by atoms with van der Waals surface area (Å²) in [6.07, 6.45) is 0. The predicted octanol–water partition coefficient (Wildman–Crippen LogP) is 8.79. The van der Waals surface area contributed by atoms with Gasteiger partial charge in [-0.05, 0) is 113 Å². The highest BCUT2D eigenvalue weighted by atomic mass is 16.5. The van der Waals surface area contributed by atoms with E-state index >= 15 is 0 Å². The summed E-state index contributed by atoms with van der Waals surface area (Å²) in [6.45, 7) is 1.59. The lowest BCUT2D eigenvalue weighted by atomic mass is 9.76. The molecule has 0 radical (unpaired) electrons. The van der Waals surface area contributed by atoms with Crippen molar-refractivity contribution >= 4 is 29.8 Å². The maximum atomic E-state index is 12.7. The highest BCUT2D eigenvalue weighted by molar-refractivity contribution is 6.03. The second-order valence-electron chi connectivity index (χ2n) is 12.5. The van der Waals surface area contributed by atoms with Crippen molar-refractivity contribution in [2.24, 2.45) is 0 Å². The normalized spacial score (nSPS) is 11.0. The zero-order chi connectivity index (χ0) is 39.4. The van der Waals surface area contributed by atoms with Gasteiger partial charge in [-0.25, -0.2) is 19.2 Å². The van der Waals surface area contributed by atoms with Crippen LogP contribution in [0.1, 0.15) is 59.5 Å². The third-order valence-electron chi connectivity index (χ3n) is 9.10. The maximum Gasteiger partial charge on any atom is 0.336 e. The van der Waals surface area contributed by atoms with Crippen LogP contribution in [0.15, 0.2) is 133 Å². The number of rotatable bonds is 13. The largest absolute Gasteiger partial charge is 0.480 e. The Hall–Kier alpha value is -7.73.